The Balaban J connectivity index is 1.76. The highest BCUT2D eigenvalue weighted by Crippen LogP contribution is 2.37. The minimum Gasteiger partial charge on any atom is -0.389 e. The SMILES string of the molecule is C/C(=C\[C@@H](O)[C@H]1CCC[C@@H]1C(=O)c1ccc(F)cc1)c1ccccc1. The van der Waals surface area contributed by atoms with Crippen LogP contribution in [0, 0.1) is 17.7 Å². The molecule has 2 nitrogen and oxygen atoms in total. The molecule has 2 aromatic rings. The first-order chi connectivity index (χ1) is 12.1. The Bertz CT molecular complexity index is 749. The van der Waals surface area contributed by atoms with Gasteiger partial charge in [0.05, 0.1) is 6.10 Å². The van der Waals surface area contributed by atoms with Crippen molar-refractivity contribution in [1.29, 1.82) is 0 Å². The number of aliphatic hydroxyl groups is 1. The third-order valence-electron chi connectivity index (χ3n) is 5.12. The summed E-state index contributed by atoms with van der Waals surface area (Å²) in [6, 6.07) is 15.6. The standard InChI is InChI=1S/C22H23FO2/c1-15(16-6-3-2-4-7-16)14-21(24)19-8-5-9-20(19)22(25)17-10-12-18(23)13-11-17/h2-4,6-7,10-14,19-21,24H,5,8-9H2,1H3/b15-14+/t19-,20-,21+/m0/s1. The van der Waals surface area contributed by atoms with E-state index in [1.807, 2.05) is 43.3 Å². The van der Waals surface area contributed by atoms with E-state index in [9.17, 15) is 14.3 Å². The van der Waals surface area contributed by atoms with Crippen LogP contribution < -0.4 is 0 Å². The smallest absolute Gasteiger partial charge is 0.166 e. The van der Waals surface area contributed by atoms with Crippen LogP contribution in [0.5, 0.6) is 0 Å². The number of benzene rings is 2. The monoisotopic (exact) mass is 338 g/mol. The third-order valence-corrected chi connectivity index (χ3v) is 5.12. The van der Waals surface area contributed by atoms with Crippen molar-refractivity contribution in [2.45, 2.75) is 32.3 Å². The fraction of sp³-hybridized carbons (Fsp3) is 0.318. The molecule has 130 valence electrons. The van der Waals surface area contributed by atoms with Gasteiger partial charge in [-0.2, -0.15) is 0 Å². The summed E-state index contributed by atoms with van der Waals surface area (Å²) in [7, 11) is 0. The Morgan fingerprint density at radius 2 is 1.76 bits per heavy atom. The van der Waals surface area contributed by atoms with Crippen LogP contribution in [0.25, 0.3) is 5.57 Å². The van der Waals surface area contributed by atoms with Crippen LogP contribution in [-0.2, 0) is 0 Å². The lowest BCUT2D eigenvalue weighted by molar-refractivity contribution is 0.0777. The van der Waals surface area contributed by atoms with Gasteiger partial charge in [0.2, 0.25) is 0 Å². The summed E-state index contributed by atoms with van der Waals surface area (Å²) in [6.45, 7) is 1.98. The molecule has 0 bridgehead atoms. The first-order valence-corrected chi connectivity index (χ1v) is 8.78. The van der Waals surface area contributed by atoms with Crippen LogP contribution in [-0.4, -0.2) is 17.0 Å². The largest absolute Gasteiger partial charge is 0.389 e. The predicted molar refractivity (Wildman–Crippen MR) is 97.7 cm³/mol. The summed E-state index contributed by atoms with van der Waals surface area (Å²) < 4.78 is 13.1. The molecule has 0 unspecified atom stereocenters. The van der Waals surface area contributed by atoms with Crippen LogP contribution in [0.15, 0.2) is 60.7 Å². The van der Waals surface area contributed by atoms with E-state index in [-0.39, 0.29) is 23.4 Å². The molecule has 3 rings (SSSR count). The molecule has 1 saturated carbocycles. The molecule has 1 aliphatic rings. The van der Waals surface area contributed by atoms with Crippen molar-refractivity contribution in [2.24, 2.45) is 11.8 Å². The summed E-state index contributed by atoms with van der Waals surface area (Å²) in [5.41, 5.74) is 2.60. The predicted octanol–water partition coefficient (Wildman–Crippen LogP) is 4.89. The van der Waals surface area contributed by atoms with E-state index in [0.717, 1.165) is 30.4 Å². The number of allylic oxidation sites excluding steroid dienone is 1. The molecule has 0 aromatic heterocycles. The lowest BCUT2D eigenvalue weighted by atomic mass is 9.84. The Kier molecular flexibility index (Phi) is 5.44. The summed E-state index contributed by atoms with van der Waals surface area (Å²) in [4.78, 5) is 12.8. The van der Waals surface area contributed by atoms with Gasteiger partial charge in [0.1, 0.15) is 5.82 Å². The van der Waals surface area contributed by atoms with Crippen molar-refractivity contribution in [3.8, 4) is 0 Å². The van der Waals surface area contributed by atoms with E-state index >= 15 is 0 Å². The molecule has 0 spiro atoms. The topological polar surface area (TPSA) is 37.3 Å². The van der Waals surface area contributed by atoms with E-state index in [2.05, 4.69) is 0 Å². The Labute approximate surface area is 148 Å². The quantitative estimate of drug-likeness (QED) is 0.788. The van der Waals surface area contributed by atoms with Gasteiger partial charge >= 0.3 is 0 Å². The summed E-state index contributed by atoms with van der Waals surface area (Å²) in [5.74, 6) is -0.634. The average molecular weight is 338 g/mol. The summed E-state index contributed by atoms with van der Waals surface area (Å²) >= 11 is 0. The van der Waals surface area contributed by atoms with E-state index in [1.54, 1.807) is 0 Å². The Morgan fingerprint density at radius 1 is 1.08 bits per heavy atom. The van der Waals surface area contributed by atoms with Crippen molar-refractivity contribution in [1.82, 2.24) is 0 Å². The second kappa shape index (κ2) is 7.75. The van der Waals surface area contributed by atoms with Crippen molar-refractivity contribution in [2.75, 3.05) is 0 Å². The highest BCUT2D eigenvalue weighted by molar-refractivity contribution is 5.98. The lowest BCUT2D eigenvalue weighted by Gasteiger charge is -2.22. The molecule has 1 N–H and O–H groups in total. The number of carbonyl (C=O) groups is 1. The molecule has 3 heteroatoms. The third kappa shape index (κ3) is 4.05. The van der Waals surface area contributed by atoms with Gasteiger partial charge in [-0.05, 0) is 61.1 Å². The number of hydrogen-bond donors (Lipinski definition) is 1. The molecule has 0 amide bonds. The van der Waals surface area contributed by atoms with Crippen LogP contribution in [0.4, 0.5) is 4.39 Å². The molecule has 3 atom stereocenters. The van der Waals surface area contributed by atoms with E-state index in [0.29, 0.717) is 5.56 Å². The van der Waals surface area contributed by atoms with Gasteiger partial charge < -0.3 is 5.11 Å². The average Bonchev–Trinajstić information content (AvgIpc) is 3.12. The van der Waals surface area contributed by atoms with Gasteiger partial charge in [0, 0.05) is 11.5 Å². The van der Waals surface area contributed by atoms with Crippen LogP contribution in [0.3, 0.4) is 0 Å². The van der Waals surface area contributed by atoms with Crippen LogP contribution >= 0.6 is 0 Å². The van der Waals surface area contributed by atoms with Crippen molar-refractivity contribution in [3.63, 3.8) is 0 Å². The number of rotatable bonds is 5. The lowest BCUT2D eigenvalue weighted by Crippen LogP contribution is -2.28. The van der Waals surface area contributed by atoms with Gasteiger partial charge in [-0.15, -0.1) is 0 Å². The molecule has 1 aliphatic carbocycles. The minimum atomic E-state index is -0.655. The number of aliphatic hydroxyl groups excluding tert-OH is 1. The highest BCUT2D eigenvalue weighted by Gasteiger charge is 2.37. The molecular weight excluding hydrogens is 315 g/mol. The zero-order chi connectivity index (χ0) is 17.8. The van der Waals surface area contributed by atoms with Gasteiger partial charge in [0.15, 0.2) is 5.78 Å². The first kappa shape index (κ1) is 17.6. The Hall–Kier alpha value is -2.26. The van der Waals surface area contributed by atoms with E-state index in [1.165, 1.54) is 24.3 Å². The zero-order valence-corrected chi connectivity index (χ0v) is 14.4. The zero-order valence-electron chi connectivity index (χ0n) is 14.4. The fourth-order valence-electron chi connectivity index (χ4n) is 3.73. The molecule has 0 saturated heterocycles. The number of hydrogen-bond acceptors (Lipinski definition) is 2. The molecule has 2 aromatic carbocycles. The molecule has 0 aliphatic heterocycles. The number of Topliss-reactive ketones (excluding diaryl/α,β-unsaturated/α-hetero) is 1. The number of ketones is 1. The van der Waals surface area contributed by atoms with Crippen LogP contribution in [0.1, 0.15) is 42.1 Å². The maximum atomic E-state index is 13.1. The molecule has 0 radical (unpaired) electrons. The summed E-state index contributed by atoms with van der Waals surface area (Å²) in [5, 5.41) is 10.7. The molecule has 0 heterocycles. The second-order valence-corrected chi connectivity index (χ2v) is 6.78. The van der Waals surface area contributed by atoms with Gasteiger partial charge in [-0.1, -0.05) is 42.8 Å². The van der Waals surface area contributed by atoms with E-state index in [4.69, 9.17) is 0 Å². The highest BCUT2D eigenvalue weighted by atomic mass is 19.1. The van der Waals surface area contributed by atoms with Crippen LogP contribution in [0.2, 0.25) is 0 Å². The first-order valence-electron chi connectivity index (χ1n) is 8.78. The maximum absolute atomic E-state index is 13.1. The molecule has 1 fully saturated rings. The van der Waals surface area contributed by atoms with Gasteiger partial charge in [0.25, 0.3) is 0 Å². The van der Waals surface area contributed by atoms with Gasteiger partial charge in [-0.25, -0.2) is 4.39 Å². The normalized spacial score (nSPS) is 22.0. The van der Waals surface area contributed by atoms with E-state index < -0.39 is 6.10 Å². The van der Waals surface area contributed by atoms with Crippen molar-refractivity contribution >= 4 is 11.4 Å². The van der Waals surface area contributed by atoms with Crippen molar-refractivity contribution < 1.29 is 14.3 Å². The minimum absolute atomic E-state index is 0.00677. The Morgan fingerprint density at radius 3 is 2.44 bits per heavy atom. The van der Waals surface area contributed by atoms with Gasteiger partial charge in [-0.3, -0.25) is 4.79 Å². The second-order valence-electron chi connectivity index (χ2n) is 6.78. The molecule has 25 heavy (non-hydrogen) atoms. The van der Waals surface area contributed by atoms with Crippen molar-refractivity contribution in [3.05, 3.63) is 77.6 Å². The maximum Gasteiger partial charge on any atom is 0.166 e. The fourth-order valence-corrected chi connectivity index (χ4v) is 3.73. The number of halogens is 1. The summed E-state index contributed by atoms with van der Waals surface area (Å²) in [6.07, 6.45) is 3.73. The molecular formula is C22H23FO2. The number of carbonyl (C=O) groups excluding carboxylic acids is 1.